The molecule has 2 N–H and O–H groups in total. The maximum Gasteiger partial charge on any atom is 0.327 e. The topological polar surface area (TPSA) is 121 Å². The van der Waals surface area contributed by atoms with Gasteiger partial charge in [-0.2, -0.15) is 0 Å². The predicted octanol–water partition coefficient (Wildman–Crippen LogP) is -1.70. The fourth-order valence-corrected chi connectivity index (χ4v) is 1.31. The smallest absolute Gasteiger partial charge is 0.327 e. The van der Waals surface area contributed by atoms with Crippen LogP contribution in [-0.2, 0) is 23.9 Å². The molecule has 0 radical (unpaired) electrons. The molecular weight excluding hydrogens is 222 g/mol. The van der Waals surface area contributed by atoms with Crippen molar-refractivity contribution in [1.82, 2.24) is 4.90 Å². The van der Waals surface area contributed by atoms with E-state index in [2.05, 4.69) is 4.74 Å². The molecule has 0 aromatic heterocycles. The summed E-state index contributed by atoms with van der Waals surface area (Å²) in [5, 5.41) is 17.3. The summed E-state index contributed by atoms with van der Waals surface area (Å²) in [6.07, 6.45) is -0.827. The first-order chi connectivity index (χ1) is 7.43. The van der Waals surface area contributed by atoms with Crippen molar-refractivity contribution in [3.05, 3.63) is 0 Å². The minimum absolute atomic E-state index is 0.421. The Bertz CT molecular complexity index is 334. The monoisotopic (exact) mass is 231 g/mol. The number of ether oxygens (including phenoxy) is 1. The van der Waals surface area contributed by atoms with Gasteiger partial charge in [0, 0.05) is 0 Å². The van der Waals surface area contributed by atoms with Crippen molar-refractivity contribution in [2.45, 2.75) is 12.5 Å². The Kier molecular flexibility index (Phi) is 3.56. The molecule has 0 aromatic carbocycles. The highest BCUT2D eigenvalue weighted by Gasteiger charge is 2.38. The Hall–Kier alpha value is -1.96. The number of morpholine rings is 1. The molecule has 1 saturated heterocycles. The zero-order valence-electron chi connectivity index (χ0n) is 8.08. The molecule has 0 aliphatic carbocycles. The Morgan fingerprint density at radius 2 is 1.75 bits per heavy atom. The van der Waals surface area contributed by atoms with Crippen molar-refractivity contribution < 1.29 is 34.1 Å². The van der Waals surface area contributed by atoms with E-state index in [1.807, 2.05) is 0 Å². The van der Waals surface area contributed by atoms with Crippen LogP contribution >= 0.6 is 0 Å². The lowest BCUT2D eigenvalue weighted by molar-refractivity contribution is -0.169. The van der Waals surface area contributed by atoms with E-state index in [1.54, 1.807) is 0 Å². The lowest BCUT2D eigenvalue weighted by Gasteiger charge is -2.29. The number of carboxylic acid groups (broad SMARTS) is 2. The Morgan fingerprint density at radius 1 is 1.25 bits per heavy atom. The van der Waals surface area contributed by atoms with Crippen LogP contribution in [0.1, 0.15) is 6.42 Å². The minimum Gasteiger partial charge on any atom is -0.481 e. The molecule has 8 heteroatoms. The minimum atomic E-state index is -1.68. The fourth-order valence-electron chi connectivity index (χ4n) is 1.31. The molecule has 1 aliphatic heterocycles. The van der Waals surface area contributed by atoms with E-state index in [0.29, 0.717) is 4.90 Å². The van der Waals surface area contributed by atoms with Crippen molar-refractivity contribution >= 4 is 23.8 Å². The number of hydrogen-bond donors (Lipinski definition) is 2. The van der Waals surface area contributed by atoms with Gasteiger partial charge in [-0.25, -0.2) is 4.79 Å². The van der Waals surface area contributed by atoms with Crippen LogP contribution in [0.15, 0.2) is 0 Å². The summed E-state index contributed by atoms with van der Waals surface area (Å²) in [6, 6.07) is -1.68. The average molecular weight is 231 g/mol. The molecule has 1 atom stereocenters. The summed E-state index contributed by atoms with van der Waals surface area (Å²) in [6.45, 7) is -0.843. The van der Waals surface area contributed by atoms with E-state index in [9.17, 15) is 19.2 Å². The second kappa shape index (κ2) is 4.71. The van der Waals surface area contributed by atoms with Crippen LogP contribution in [-0.4, -0.2) is 58.1 Å². The van der Waals surface area contributed by atoms with Gasteiger partial charge in [-0.3, -0.25) is 19.3 Å². The average Bonchev–Trinajstić information content (AvgIpc) is 2.15. The summed E-state index contributed by atoms with van der Waals surface area (Å²) in [7, 11) is 0. The third-order valence-electron chi connectivity index (χ3n) is 1.95. The second-order valence-corrected chi connectivity index (χ2v) is 3.10. The first kappa shape index (κ1) is 12.1. The molecule has 0 saturated carbocycles. The van der Waals surface area contributed by atoms with E-state index in [4.69, 9.17) is 10.2 Å². The number of carboxylic acids is 2. The van der Waals surface area contributed by atoms with Gasteiger partial charge in [0.25, 0.3) is 11.8 Å². The third kappa shape index (κ3) is 2.54. The molecule has 0 bridgehead atoms. The highest BCUT2D eigenvalue weighted by atomic mass is 16.5. The van der Waals surface area contributed by atoms with Crippen LogP contribution in [0.4, 0.5) is 0 Å². The number of carbonyl (C=O) groups excluding carboxylic acids is 2. The quantitative estimate of drug-likeness (QED) is 0.553. The highest BCUT2D eigenvalue weighted by molar-refractivity contribution is 6.02. The Labute approximate surface area is 89.4 Å². The van der Waals surface area contributed by atoms with Crippen LogP contribution in [0.3, 0.4) is 0 Å². The van der Waals surface area contributed by atoms with E-state index in [-0.39, 0.29) is 0 Å². The molecule has 1 fully saturated rings. The van der Waals surface area contributed by atoms with Crippen LogP contribution in [0.25, 0.3) is 0 Å². The zero-order chi connectivity index (χ0) is 12.3. The number of amides is 2. The van der Waals surface area contributed by atoms with Crippen molar-refractivity contribution in [1.29, 1.82) is 0 Å². The molecule has 88 valence electrons. The SMILES string of the molecule is O=C(O)CC(C(=O)O)N1C(=O)COCC1=O. The maximum atomic E-state index is 11.3. The number of aliphatic carboxylic acids is 2. The van der Waals surface area contributed by atoms with Gasteiger partial charge in [0.15, 0.2) is 0 Å². The lowest BCUT2D eigenvalue weighted by atomic mass is 10.1. The van der Waals surface area contributed by atoms with Crippen molar-refractivity contribution in [2.75, 3.05) is 13.2 Å². The van der Waals surface area contributed by atoms with Crippen molar-refractivity contribution in [3.8, 4) is 0 Å². The largest absolute Gasteiger partial charge is 0.481 e. The summed E-state index contributed by atoms with van der Waals surface area (Å²) in [5.74, 6) is -4.62. The van der Waals surface area contributed by atoms with Gasteiger partial charge >= 0.3 is 11.9 Å². The molecule has 2 amide bonds. The molecule has 1 aliphatic rings. The van der Waals surface area contributed by atoms with Gasteiger partial charge in [0.2, 0.25) is 0 Å². The number of rotatable bonds is 4. The van der Waals surface area contributed by atoms with E-state index in [0.717, 1.165) is 0 Å². The van der Waals surface area contributed by atoms with E-state index >= 15 is 0 Å². The number of hydrogen-bond acceptors (Lipinski definition) is 5. The van der Waals surface area contributed by atoms with Crippen LogP contribution in [0.2, 0.25) is 0 Å². The molecule has 0 aromatic rings. The molecule has 8 nitrogen and oxygen atoms in total. The van der Waals surface area contributed by atoms with Crippen LogP contribution in [0, 0.1) is 0 Å². The van der Waals surface area contributed by atoms with Crippen LogP contribution in [0.5, 0.6) is 0 Å². The standard InChI is InChI=1S/C8H9NO7/c10-5-2-16-3-6(11)9(5)4(8(14)15)1-7(12)13/h4H,1-3H2,(H,12,13)(H,14,15). The highest BCUT2D eigenvalue weighted by Crippen LogP contribution is 2.10. The Balaban J connectivity index is 2.90. The molecule has 0 spiro atoms. The summed E-state index contributed by atoms with van der Waals surface area (Å²) < 4.78 is 4.58. The summed E-state index contributed by atoms with van der Waals surface area (Å²) >= 11 is 0. The van der Waals surface area contributed by atoms with Crippen molar-refractivity contribution in [3.63, 3.8) is 0 Å². The zero-order valence-corrected chi connectivity index (χ0v) is 8.08. The third-order valence-corrected chi connectivity index (χ3v) is 1.95. The molecule has 1 rings (SSSR count). The lowest BCUT2D eigenvalue weighted by Crippen LogP contribution is -2.54. The number of nitrogens with zero attached hydrogens (tertiary/aromatic N) is 1. The van der Waals surface area contributed by atoms with Crippen molar-refractivity contribution in [2.24, 2.45) is 0 Å². The maximum absolute atomic E-state index is 11.3. The van der Waals surface area contributed by atoms with E-state index in [1.165, 1.54) is 0 Å². The first-order valence-corrected chi connectivity index (χ1v) is 4.30. The Morgan fingerprint density at radius 3 is 2.12 bits per heavy atom. The first-order valence-electron chi connectivity index (χ1n) is 4.30. The number of imide groups is 1. The molecular formula is C8H9NO7. The van der Waals surface area contributed by atoms with Gasteiger partial charge < -0.3 is 14.9 Å². The second-order valence-electron chi connectivity index (χ2n) is 3.10. The number of carbonyl (C=O) groups is 4. The van der Waals surface area contributed by atoms with Gasteiger partial charge in [-0.1, -0.05) is 0 Å². The van der Waals surface area contributed by atoms with Crippen LogP contribution < -0.4 is 0 Å². The van der Waals surface area contributed by atoms with Gasteiger partial charge in [0.1, 0.15) is 19.3 Å². The fraction of sp³-hybridized carbons (Fsp3) is 0.500. The van der Waals surface area contributed by atoms with Gasteiger partial charge in [-0.05, 0) is 0 Å². The van der Waals surface area contributed by atoms with Gasteiger partial charge in [-0.15, -0.1) is 0 Å². The predicted molar refractivity (Wildman–Crippen MR) is 46.3 cm³/mol. The molecule has 1 unspecified atom stereocenters. The normalized spacial score (nSPS) is 18.4. The molecule has 1 heterocycles. The van der Waals surface area contributed by atoms with E-state index < -0.39 is 49.4 Å². The summed E-state index contributed by atoms with van der Waals surface area (Å²) in [5.41, 5.74) is 0. The van der Waals surface area contributed by atoms with Gasteiger partial charge in [0.05, 0.1) is 6.42 Å². The summed E-state index contributed by atoms with van der Waals surface area (Å²) in [4.78, 5) is 44.1. The molecule has 16 heavy (non-hydrogen) atoms.